The van der Waals surface area contributed by atoms with E-state index in [0.717, 1.165) is 17.9 Å². The zero-order valence-corrected chi connectivity index (χ0v) is 12.0. The molecule has 2 nitrogen and oxygen atoms in total. The third-order valence-electron chi connectivity index (χ3n) is 3.24. The lowest BCUT2D eigenvalue weighted by Crippen LogP contribution is -2.10. The quantitative estimate of drug-likeness (QED) is 0.718. The summed E-state index contributed by atoms with van der Waals surface area (Å²) in [5.41, 5.74) is 2.30. The topological polar surface area (TPSA) is 21.3 Å². The molecular formula is C16H17NOS. The Morgan fingerprint density at radius 1 is 1.11 bits per heavy atom. The Hall–Kier alpha value is -1.61. The standard InChI is InChI=1S/C16H17NOS/c1-3-11(2)18-12-8-9-16-14(10-12)17-13-6-4-5-7-15(13)19-16/h4-11,17H,3H2,1-2H3. The van der Waals surface area contributed by atoms with E-state index in [2.05, 4.69) is 55.6 Å². The molecule has 98 valence electrons. The fourth-order valence-corrected chi connectivity index (χ4v) is 2.98. The number of anilines is 2. The van der Waals surface area contributed by atoms with Crippen molar-refractivity contribution in [3.05, 3.63) is 42.5 Å². The Morgan fingerprint density at radius 2 is 1.89 bits per heavy atom. The first-order chi connectivity index (χ1) is 9.26. The lowest BCUT2D eigenvalue weighted by Gasteiger charge is -2.22. The van der Waals surface area contributed by atoms with E-state index < -0.39 is 0 Å². The number of ether oxygens (including phenoxy) is 1. The van der Waals surface area contributed by atoms with Crippen molar-refractivity contribution in [2.24, 2.45) is 0 Å². The van der Waals surface area contributed by atoms with Crippen LogP contribution in [0.3, 0.4) is 0 Å². The highest BCUT2D eigenvalue weighted by Crippen LogP contribution is 2.45. The van der Waals surface area contributed by atoms with Crippen molar-refractivity contribution < 1.29 is 4.74 Å². The monoisotopic (exact) mass is 271 g/mol. The molecule has 1 aliphatic rings. The average Bonchev–Trinajstić information content (AvgIpc) is 2.45. The number of para-hydroxylation sites is 1. The van der Waals surface area contributed by atoms with Crippen molar-refractivity contribution in [3.63, 3.8) is 0 Å². The summed E-state index contributed by atoms with van der Waals surface area (Å²) in [6.45, 7) is 4.23. The van der Waals surface area contributed by atoms with Crippen LogP contribution in [0.15, 0.2) is 52.3 Å². The first kappa shape index (κ1) is 12.4. The van der Waals surface area contributed by atoms with Crippen LogP contribution in [0.4, 0.5) is 11.4 Å². The number of hydrogen-bond acceptors (Lipinski definition) is 3. The number of nitrogens with one attached hydrogen (secondary N) is 1. The minimum Gasteiger partial charge on any atom is -0.491 e. The summed E-state index contributed by atoms with van der Waals surface area (Å²) < 4.78 is 5.87. The van der Waals surface area contributed by atoms with Gasteiger partial charge in [0.1, 0.15) is 5.75 Å². The Balaban J connectivity index is 1.87. The van der Waals surface area contributed by atoms with Gasteiger partial charge in [-0.3, -0.25) is 0 Å². The first-order valence-electron chi connectivity index (χ1n) is 6.61. The summed E-state index contributed by atoms with van der Waals surface area (Å²) in [5, 5.41) is 3.47. The molecule has 1 atom stereocenters. The molecule has 0 aliphatic carbocycles. The third kappa shape index (κ3) is 2.56. The van der Waals surface area contributed by atoms with Crippen LogP contribution in [0, 0.1) is 0 Å². The highest BCUT2D eigenvalue weighted by molar-refractivity contribution is 7.99. The first-order valence-corrected chi connectivity index (χ1v) is 7.42. The van der Waals surface area contributed by atoms with E-state index in [4.69, 9.17) is 4.74 Å². The molecule has 0 bridgehead atoms. The summed E-state index contributed by atoms with van der Waals surface area (Å²) in [6.07, 6.45) is 1.27. The molecule has 2 aromatic rings. The lowest BCUT2D eigenvalue weighted by atomic mass is 10.2. The zero-order valence-electron chi connectivity index (χ0n) is 11.1. The predicted octanol–water partition coefficient (Wildman–Crippen LogP) is 5.07. The minimum absolute atomic E-state index is 0.251. The van der Waals surface area contributed by atoms with E-state index >= 15 is 0 Å². The second-order valence-electron chi connectivity index (χ2n) is 4.72. The van der Waals surface area contributed by atoms with Gasteiger partial charge in [0.2, 0.25) is 0 Å². The van der Waals surface area contributed by atoms with E-state index in [1.165, 1.54) is 15.5 Å². The molecule has 1 unspecified atom stereocenters. The zero-order chi connectivity index (χ0) is 13.2. The fraction of sp³-hybridized carbons (Fsp3) is 0.250. The van der Waals surface area contributed by atoms with Crippen LogP contribution < -0.4 is 10.1 Å². The Morgan fingerprint density at radius 3 is 2.74 bits per heavy atom. The van der Waals surface area contributed by atoms with Gasteiger partial charge in [-0.05, 0) is 37.6 Å². The Labute approximate surface area is 118 Å². The van der Waals surface area contributed by atoms with E-state index in [1.807, 2.05) is 6.07 Å². The van der Waals surface area contributed by atoms with Gasteiger partial charge < -0.3 is 10.1 Å². The molecule has 0 radical (unpaired) electrons. The Bertz CT molecular complexity index is 597. The molecule has 0 saturated heterocycles. The molecule has 2 aromatic carbocycles. The van der Waals surface area contributed by atoms with Crippen LogP contribution >= 0.6 is 11.8 Å². The van der Waals surface area contributed by atoms with E-state index in [-0.39, 0.29) is 6.10 Å². The SMILES string of the molecule is CCC(C)Oc1ccc2c(c1)Nc1ccccc1S2. The number of rotatable bonds is 3. The average molecular weight is 271 g/mol. The maximum Gasteiger partial charge on any atom is 0.121 e. The molecule has 1 N–H and O–H groups in total. The van der Waals surface area contributed by atoms with Crippen molar-refractivity contribution in [3.8, 4) is 5.75 Å². The summed E-state index contributed by atoms with van der Waals surface area (Å²) >= 11 is 1.80. The van der Waals surface area contributed by atoms with Crippen molar-refractivity contribution >= 4 is 23.1 Å². The number of fused-ring (bicyclic) bond motifs is 2. The second kappa shape index (κ2) is 5.17. The fourth-order valence-electron chi connectivity index (χ4n) is 2.01. The van der Waals surface area contributed by atoms with Crippen LogP contribution in [0.5, 0.6) is 5.75 Å². The second-order valence-corrected chi connectivity index (χ2v) is 5.80. The van der Waals surface area contributed by atoms with Crippen LogP contribution in [-0.4, -0.2) is 6.10 Å². The Kier molecular flexibility index (Phi) is 3.38. The van der Waals surface area contributed by atoms with Gasteiger partial charge in [-0.2, -0.15) is 0 Å². The molecule has 0 aromatic heterocycles. The summed E-state index contributed by atoms with van der Waals surface area (Å²) in [7, 11) is 0. The van der Waals surface area contributed by atoms with Gasteiger partial charge in [0.15, 0.2) is 0 Å². The molecule has 1 heterocycles. The van der Waals surface area contributed by atoms with Crippen molar-refractivity contribution in [2.45, 2.75) is 36.2 Å². The predicted molar refractivity (Wildman–Crippen MR) is 80.7 cm³/mol. The minimum atomic E-state index is 0.251. The van der Waals surface area contributed by atoms with E-state index in [0.29, 0.717) is 0 Å². The maximum atomic E-state index is 5.87. The summed E-state index contributed by atoms with van der Waals surface area (Å²) in [6, 6.07) is 14.6. The van der Waals surface area contributed by atoms with Crippen molar-refractivity contribution in [2.75, 3.05) is 5.32 Å². The molecular weight excluding hydrogens is 254 g/mol. The van der Waals surface area contributed by atoms with Crippen molar-refractivity contribution in [1.29, 1.82) is 0 Å². The van der Waals surface area contributed by atoms with Gasteiger partial charge >= 0.3 is 0 Å². The van der Waals surface area contributed by atoms with Gasteiger partial charge in [-0.1, -0.05) is 30.8 Å². The molecule has 0 amide bonds. The van der Waals surface area contributed by atoms with Crippen molar-refractivity contribution in [1.82, 2.24) is 0 Å². The number of hydrogen-bond donors (Lipinski definition) is 1. The van der Waals surface area contributed by atoms with Crippen LogP contribution in [-0.2, 0) is 0 Å². The normalized spacial score (nSPS) is 14.0. The van der Waals surface area contributed by atoms with Gasteiger partial charge in [0.05, 0.1) is 17.5 Å². The third-order valence-corrected chi connectivity index (χ3v) is 4.39. The van der Waals surface area contributed by atoms with Gasteiger partial charge in [0, 0.05) is 15.9 Å². The highest BCUT2D eigenvalue weighted by Gasteiger charge is 2.15. The van der Waals surface area contributed by atoms with Gasteiger partial charge in [-0.25, -0.2) is 0 Å². The van der Waals surface area contributed by atoms with Crippen LogP contribution in [0.1, 0.15) is 20.3 Å². The number of benzene rings is 2. The summed E-state index contributed by atoms with van der Waals surface area (Å²) in [5.74, 6) is 0.931. The molecule has 1 aliphatic heterocycles. The van der Waals surface area contributed by atoms with Gasteiger partial charge in [0.25, 0.3) is 0 Å². The lowest BCUT2D eigenvalue weighted by molar-refractivity contribution is 0.217. The molecule has 3 heteroatoms. The largest absolute Gasteiger partial charge is 0.491 e. The maximum absolute atomic E-state index is 5.87. The molecule has 19 heavy (non-hydrogen) atoms. The molecule has 0 fully saturated rings. The van der Waals surface area contributed by atoms with E-state index in [1.54, 1.807) is 11.8 Å². The molecule has 3 rings (SSSR count). The molecule has 0 spiro atoms. The highest BCUT2D eigenvalue weighted by atomic mass is 32.2. The van der Waals surface area contributed by atoms with Crippen LogP contribution in [0.25, 0.3) is 0 Å². The molecule has 0 saturated carbocycles. The smallest absolute Gasteiger partial charge is 0.121 e. The summed E-state index contributed by atoms with van der Waals surface area (Å²) in [4.78, 5) is 2.51. The van der Waals surface area contributed by atoms with E-state index in [9.17, 15) is 0 Å². The van der Waals surface area contributed by atoms with Crippen LogP contribution in [0.2, 0.25) is 0 Å². The van der Waals surface area contributed by atoms with Gasteiger partial charge in [-0.15, -0.1) is 0 Å².